The molecule has 0 N–H and O–H groups in total. The van der Waals surface area contributed by atoms with E-state index in [0.29, 0.717) is 18.9 Å². The van der Waals surface area contributed by atoms with Gasteiger partial charge in [0.1, 0.15) is 13.1 Å². The van der Waals surface area contributed by atoms with Crippen molar-refractivity contribution in [3.05, 3.63) is 0 Å². The number of carbonyl (C=O) groups excluding carboxylic acids is 2. The van der Waals surface area contributed by atoms with E-state index in [0.717, 1.165) is 45.1 Å². The highest BCUT2D eigenvalue weighted by molar-refractivity contribution is 5.73. The summed E-state index contributed by atoms with van der Waals surface area (Å²) in [5.41, 5.74) is 0.0417. The Kier molecular flexibility index (Phi) is 5.61. The quantitative estimate of drug-likeness (QED) is 0.411. The Hall–Kier alpha value is -0.940. The third-order valence-electron chi connectivity index (χ3n) is 5.67. The van der Waals surface area contributed by atoms with Gasteiger partial charge in [0.15, 0.2) is 0 Å². The molecule has 5 heteroatoms. The number of piperidine rings is 1. The van der Waals surface area contributed by atoms with Gasteiger partial charge in [-0.2, -0.15) is 0 Å². The van der Waals surface area contributed by atoms with E-state index < -0.39 is 0 Å². The van der Waals surface area contributed by atoms with Crippen LogP contribution in [0.15, 0.2) is 0 Å². The first kappa shape index (κ1) is 17.4. The van der Waals surface area contributed by atoms with Gasteiger partial charge in [-0.3, -0.25) is 4.79 Å². The molecule has 3 atom stereocenters. The van der Waals surface area contributed by atoms with E-state index in [1.54, 1.807) is 14.0 Å². The van der Waals surface area contributed by atoms with Gasteiger partial charge in [0.25, 0.3) is 0 Å². The lowest BCUT2D eigenvalue weighted by atomic mass is 9.51. The van der Waals surface area contributed by atoms with E-state index in [4.69, 9.17) is 9.47 Å². The zero-order valence-corrected chi connectivity index (χ0v) is 14.1. The minimum Gasteiger partial charge on any atom is -0.359 e. The third kappa shape index (κ3) is 3.35. The summed E-state index contributed by atoms with van der Waals surface area (Å²) in [4.78, 5) is 24.8. The average Bonchev–Trinajstić information content (AvgIpc) is 2.45. The van der Waals surface area contributed by atoms with Crippen LogP contribution in [0, 0.1) is 16.7 Å². The van der Waals surface area contributed by atoms with Crippen molar-refractivity contribution >= 4 is 12.2 Å². The zero-order valence-electron chi connectivity index (χ0n) is 14.1. The van der Waals surface area contributed by atoms with E-state index in [2.05, 4.69) is 6.92 Å². The number of ether oxygens (including phenoxy) is 2. The van der Waals surface area contributed by atoms with Crippen molar-refractivity contribution in [1.82, 2.24) is 4.90 Å². The average molecular weight is 311 g/mol. The van der Waals surface area contributed by atoms with Gasteiger partial charge >= 0.3 is 0 Å². The molecule has 0 radical (unpaired) electrons. The minimum atomic E-state index is -0.0432. The van der Waals surface area contributed by atoms with Crippen LogP contribution in [0.1, 0.15) is 46.0 Å². The molecule has 5 nitrogen and oxygen atoms in total. The second-order valence-electron chi connectivity index (χ2n) is 7.30. The normalized spacial score (nSPS) is 34.5. The number of hydrogen-bond donors (Lipinski definition) is 0. The van der Waals surface area contributed by atoms with Gasteiger partial charge in [-0.1, -0.05) is 13.3 Å². The van der Waals surface area contributed by atoms with Gasteiger partial charge in [0.05, 0.1) is 6.61 Å². The van der Waals surface area contributed by atoms with Crippen LogP contribution < -0.4 is 0 Å². The van der Waals surface area contributed by atoms with Crippen LogP contribution in [0.3, 0.4) is 0 Å². The number of nitrogens with zero attached hydrogens (tertiary/aromatic N) is 1. The maximum Gasteiger partial charge on any atom is 0.219 e. The molecule has 3 unspecified atom stereocenters. The Bertz CT molecular complexity index is 413. The SMILES string of the molecule is COCOCC12CCCC(C)(CN(C(C)=O)C1)C2CCC=O. The number of fused-ring (bicyclic) bond motifs is 2. The monoisotopic (exact) mass is 311 g/mol. The summed E-state index contributed by atoms with van der Waals surface area (Å²) in [5, 5.41) is 0. The lowest BCUT2D eigenvalue weighted by Crippen LogP contribution is -2.62. The van der Waals surface area contributed by atoms with Crippen molar-refractivity contribution in [3.8, 4) is 0 Å². The summed E-state index contributed by atoms with van der Waals surface area (Å²) in [6.07, 6.45) is 5.83. The summed E-state index contributed by atoms with van der Waals surface area (Å²) in [7, 11) is 1.62. The van der Waals surface area contributed by atoms with E-state index in [-0.39, 0.29) is 23.5 Å². The highest BCUT2D eigenvalue weighted by Gasteiger charge is 2.56. The number of amides is 1. The topological polar surface area (TPSA) is 55.8 Å². The van der Waals surface area contributed by atoms with Crippen molar-refractivity contribution in [2.24, 2.45) is 16.7 Å². The molecule has 2 fully saturated rings. The highest BCUT2D eigenvalue weighted by Crippen LogP contribution is 2.57. The van der Waals surface area contributed by atoms with Crippen molar-refractivity contribution < 1.29 is 19.1 Å². The molecule has 1 saturated heterocycles. The Morgan fingerprint density at radius 2 is 2.14 bits per heavy atom. The maximum absolute atomic E-state index is 12.0. The third-order valence-corrected chi connectivity index (χ3v) is 5.67. The lowest BCUT2D eigenvalue weighted by molar-refractivity contribution is -0.172. The van der Waals surface area contributed by atoms with E-state index >= 15 is 0 Å². The number of hydrogen-bond acceptors (Lipinski definition) is 4. The first-order valence-corrected chi connectivity index (χ1v) is 8.23. The van der Waals surface area contributed by atoms with Crippen LogP contribution in [0.2, 0.25) is 0 Å². The van der Waals surface area contributed by atoms with E-state index in [1.807, 2.05) is 4.90 Å². The summed E-state index contributed by atoms with van der Waals surface area (Å²) in [5.74, 6) is 0.560. The van der Waals surface area contributed by atoms with Crippen LogP contribution >= 0.6 is 0 Å². The number of likely N-dealkylation sites (tertiary alicyclic amines) is 1. The fourth-order valence-electron chi connectivity index (χ4n) is 4.84. The first-order chi connectivity index (χ1) is 10.5. The molecule has 2 aliphatic rings. The Labute approximate surface area is 133 Å². The van der Waals surface area contributed by atoms with E-state index in [9.17, 15) is 9.59 Å². The molecule has 1 amide bonds. The minimum absolute atomic E-state index is 0.0432. The molecule has 0 spiro atoms. The van der Waals surface area contributed by atoms with Gasteiger partial charge in [0.2, 0.25) is 5.91 Å². The van der Waals surface area contributed by atoms with Crippen LogP contribution in [-0.4, -0.2) is 50.7 Å². The molecule has 2 rings (SSSR count). The molecule has 126 valence electrons. The Morgan fingerprint density at radius 1 is 1.36 bits per heavy atom. The molecule has 1 aliphatic carbocycles. The number of methoxy groups -OCH3 is 1. The maximum atomic E-state index is 12.0. The molecular weight excluding hydrogens is 282 g/mol. The largest absolute Gasteiger partial charge is 0.359 e. The van der Waals surface area contributed by atoms with Crippen molar-refractivity contribution in [2.45, 2.75) is 46.0 Å². The predicted octanol–water partition coefficient (Wildman–Crippen LogP) is 2.24. The van der Waals surface area contributed by atoms with Crippen molar-refractivity contribution in [3.63, 3.8) is 0 Å². The first-order valence-electron chi connectivity index (χ1n) is 8.23. The summed E-state index contributed by atoms with van der Waals surface area (Å²) in [6.45, 7) is 6.35. The molecule has 1 aliphatic heterocycles. The van der Waals surface area contributed by atoms with Crippen molar-refractivity contribution in [1.29, 1.82) is 0 Å². The smallest absolute Gasteiger partial charge is 0.219 e. The molecular formula is C17H29NO4. The van der Waals surface area contributed by atoms with Gasteiger partial charge in [-0.25, -0.2) is 0 Å². The van der Waals surface area contributed by atoms with Crippen LogP contribution in [0.5, 0.6) is 0 Å². The highest BCUT2D eigenvalue weighted by atomic mass is 16.7. The second kappa shape index (κ2) is 7.09. The number of rotatable bonds is 7. The van der Waals surface area contributed by atoms with Crippen LogP contribution in [0.25, 0.3) is 0 Å². The molecule has 0 aromatic carbocycles. The van der Waals surface area contributed by atoms with Crippen LogP contribution in [0.4, 0.5) is 0 Å². The molecule has 22 heavy (non-hydrogen) atoms. The number of aldehydes is 1. The van der Waals surface area contributed by atoms with E-state index in [1.165, 1.54) is 0 Å². The summed E-state index contributed by atoms with van der Waals surface area (Å²) < 4.78 is 10.8. The number of carbonyl (C=O) groups is 2. The Balaban J connectivity index is 2.26. The molecule has 1 heterocycles. The van der Waals surface area contributed by atoms with Gasteiger partial charge < -0.3 is 19.2 Å². The second-order valence-corrected chi connectivity index (χ2v) is 7.30. The molecule has 0 aromatic heterocycles. The summed E-state index contributed by atoms with van der Waals surface area (Å²) >= 11 is 0. The summed E-state index contributed by atoms with van der Waals surface area (Å²) in [6, 6.07) is 0. The lowest BCUT2D eigenvalue weighted by Gasteiger charge is -2.60. The van der Waals surface area contributed by atoms with Gasteiger partial charge in [0, 0.05) is 39.0 Å². The van der Waals surface area contributed by atoms with Gasteiger partial charge in [-0.15, -0.1) is 0 Å². The molecule has 1 saturated carbocycles. The fourth-order valence-corrected chi connectivity index (χ4v) is 4.84. The Morgan fingerprint density at radius 3 is 2.77 bits per heavy atom. The van der Waals surface area contributed by atoms with Gasteiger partial charge in [-0.05, 0) is 30.6 Å². The zero-order chi connectivity index (χ0) is 16.2. The molecule has 0 aromatic rings. The molecule has 2 bridgehead atoms. The fraction of sp³-hybridized carbons (Fsp3) is 0.882. The standard InChI is InChI=1S/C17H29NO4/c1-14(20)18-10-16(2)7-5-8-17(11-18,12-22-13-21-3)15(16)6-4-9-19/h9,15H,4-8,10-13H2,1-3H3. The van der Waals surface area contributed by atoms with Crippen LogP contribution in [-0.2, 0) is 19.1 Å². The predicted molar refractivity (Wildman–Crippen MR) is 83.3 cm³/mol. The van der Waals surface area contributed by atoms with Crippen molar-refractivity contribution in [2.75, 3.05) is 33.6 Å².